The number of aromatic nitrogens is 1. The van der Waals surface area contributed by atoms with Crippen molar-refractivity contribution < 1.29 is 9.72 Å². The van der Waals surface area contributed by atoms with Gasteiger partial charge < -0.3 is 5.32 Å². The fourth-order valence-electron chi connectivity index (χ4n) is 3.44. The zero-order valence-corrected chi connectivity index (χ0v) is 18.2. The van der Waals surface area contributed by atoms with Crippen LogP contribution in [-0.4, -0.2) is 15.8 Å². The number of thiazole rings is 1. The molecule has 0 fully saturated rings. The third-order valence-corrected chi connectivity index (χ3v) is 6.30. The fraction of sp³-hybridized carbons (Fsp3) is 0.130. The van der Waals surface area contributed by atoms with Crippen LogP contribution in [0.4, 0.5) is 11.4 Å². The van der Waals surface area contributed by atoms with E-state index in [1.54, 1.807) is 0 Å². The number of nitrogens with zero attached hydrogens (tertiary/aromatic N) is 2. The highest BCUT2D eigenvalue weighted by Crippen LogP contribution is 2.29. The minimum absolute atomic E-state index is 0.0960. The zero-order chi connectivity index (χ0) is 22.0. The number of benzene rings is 3. The lowest BCUT2D eigenvalue weighted by Crippen LogP contribution is -2.15. The number of fused-ring (bicyclic) bond motifs is 1. The predicted molar refractivity (Wildman–Crippen MR) is 124 cm³/mol. The van der Waals surface area contributed by atoms with E-state index in [9.17, 15) is 14.9 Å². The molecule has 1 aromatic heterocycles. The van der Waals surface area contributed by atoms with Crippen molar-refractivity contribution in [2.24, 2.45) is 0 Å². The van der Waals surface area contributed by atoms with Gasteiger partial charge in [-0.15, -0.1) is 11.3 Å². The van der Waals surface area contributed by atoms with Gasteiger partial charge in [-0.3, -0.25) is 14.9 Å². The van der Waals surface area contributed by atoms with Gasteiger partial charge in [0.05, 0.1) is 22.0 Å². The maximum atomic E-state index is 12.5. The Balaban J connectivity index is 1.51. The predicted octanol–water partition coefficient (Wildman–Crippen LogP) is 5.94. The normalized spacial score (nSPS) is 10.9. The molecule has 156 valence electrons. The Bertz CT molecular complexity index is 1300. The number of anilines is 1. The van der Waals surface area contributed by atoms with E-state index in [0.29, 0.717) is 6.42 Å². The summed E-state index contributed by atoms with van der Waals surface area (Å²) in [5, 5.41) is 17.4. The van der Waals surface area contributed by atoms with Gasteiger partial charge in [-0.25, -0.2) is 4.98 Å². The lowest BCUT2D eigenvalue weighted by molar-refractivity contribution is -0.383. The molecular weight excluding hydrogens is 434 g/mol. The molecule has 0 saturated heterocycles. The van der Waals surface area contributed by atoms with Crippen LogP contribution in [0.5, 0.6) is 0 Å². The van der Waals surface area contributed by atoms with E-state index in [2.05, 4.69) is 34.6 Å². The standard InChI is InChI=1S/C23H18ClN3O3S/c1-14-21(13-22(28)26-19-10-9-17(24)12-20(19)27(29)30)31-23(25-14)11-16-7-4-6-15-5-2-3-8-18(15)16/h2-10,12H,11,13H2,1H3,(H,26,28). The number of nitrogens with one attached hydrogen (secondary N) is 1. The maximum Gasteiger partial charge on any atom is 0.294 e. The molecule has 3 aromatic carbocycles. The van der Waals surface area contributed by atoms with Crippen LogP contribution < -0.4 is 5.32 Å². The van der Waals surface area contributed by atoms with Gasteiger partial charge in [-0.2, -0.15) is 0 Å². The molecule has 0 bridgehead atoms. The maximum absolute atomic E-state index is 12.5. The van der Waals surface area contributed by atoms with E-state index in [-0.39, 0.29) is 28.7 Å². The fourth-order valence-corrected chi connectivity index (χ4v) is 4.70. The molecule has 0 unspecified atom stereocenters. The van der Waals surface area contributed by atoms with Gasteiger partial charge in [0.1, 0.15) is 5.69 Å². The molecule has 0 aliphatic heterocycles. The Morgan fingerprint density at radius 1 is 1.16 bits per heavy atom. The van der Waals surface area contributed by atoms with Gasteiger partial charge in [0.15, 0.2) is 0 Å². The van der Waals surface area contributed by atoms with Crippen LogP contribution in [0.2, 0.25) is 5.02 Å². The smallest absolute Gasteiger partial charge is 0.294 e. The molecule has 31 heavy (non-hydrogen) atoms. The number of halogens is 1. The third kappa shape index (κ3) is 4.73. The monoisotopic (exact) mass is 451 g/mol. The van der Waals surface area contributed by atoms with Gasteiger partial charge in [-0.1, -0.05) is 54.1 Å². The topological polar surface area (TPSA) is 85.1 Å². The second-order valence-corrected chi connectivity index (χ2v) is 8.68. The summed E-state index contributed by atoms with van der Waals surface area (Å²) in [6.07, 6.45) is 0.774. The summed E-state index contributed by atoms with van der Waals surface area (Å²) in [7, 11) is 0. The van der Waals surface area contributed by atoms with E-state index in [0.717, 1.165) is 15.6 Å². The Labute approximate surface area is 187 Å². The number of carbonyl (C=O) groups is 1. The molecule has 4 rings (SSSR count). The van der Waals surface area contributed by atoms with Crippen molar-refractivity contribution in [1.29, 1.82) is 0 Å². The first-order valence-electron chi connectivity index (χ1n) is 9.56. The van der Waals surface area contributed by atoms with Crippen LogP contribution in [0, 0.1) is 17.0 Å². The van der Waals surface area contributed by atoms with Crippen molar-refractivity contribution in [3.63, 3.8) is 0 Å². The molecule has 1 heterocycles. The van der Waals surface area contributed by atoms with Gasteiger partial charge in [0, 0.05) is 22.4 Å². The van der Waals surface area contributed by atoms with E-state index in [4.69, 9.17) is 11.6 Å². The molecule has 6 nitrogen and oxygen atoms in total. The van der Waals surface area contributed by atoms with Crippen LogP contribution in [0.3, 0.4) is 0 Å². The molecular formula is C23H18ClN3O3S. The van der Waals surface area contributed by atoms with Crippen LogP contribution >= 0.6 is 22.9 Å². The minimum Gasteiger partial charge on any atom is -0.320 e. The van der Waals surface area contributed by atoms with Crippen LogP contribution in [0.1, 0.15) is 21.1 Å². The number of hydrogen-bond acceptors (Lipinski definition) is 5. The summed E-state index contributed by atoms with van der Waals surface area (Å²) in [6.45, 7) is 1.87. The minimum atomic E-state index is -0.568. The number of nitro groups is 1. The molecule has 0 radical (unpaired) electrons. The van der Waals surface area contributed by atoms with E-state index < -0.39 is 4.92 Å². The Hall–Kier alpha value is -3.29. The van der Waals surface area contributed by atoms with Crippen LogP contribution in [0.25, 0.3) is 10.8 Å². The first-order valence-corrected chi connectivity index (χ1v) is 10.8. The quantitative estimate of drug-likeness (QED) is 0.290. The highest BCUT2D eigenvalue weighted by Gasteiger charge is 2.18. The van der Waals surface area contributed by atoms with Gasteiger partial charge >= 0.3 is 0 Å². The molecule has 4 aromatic rings. The van der Waals surface area contributed by atoms with Crippen molar-refractivity contribution in [2.75, 3.05) is 5.32 Å². The summed E-state index contributed by atoms with van der Waals surface area (Å²) < 4.78 is 0. The van der Waals surface area contributed by atoms with Gasteiger partial charge in [-0.05, 0) is 35.4 Å². The zero-order valence-electron chi connectivity index (χ0n) is 16.6. The molecule has 1 N–H and O–H groups in total. The summed E-state index contributed by atoms with van der Waals surface area (Å²) >= 11 is 7.32. The number of nitro benzene ring substituents is 1. The van der Waals surface area contributed by atoms with E-state index in [1.807, 2.05) is 25.1 Å². The Kier molecular flexibility index (Phi) is 5.97. The summed E-state index contributed by atoms with van der Waals surface area (Å²) in [4.78, 5) is 28.7. The molecule has 1 amide bonds. The highest BCUT2D eigenvalue weighted by atomic mass is 35.5. The van der Waals surface area contributed by atoms with Gasteiger partial charge in [0.2, 0.25) is 5.91 Å². The highest BCUT2D eigenvalue weighted by molar-refractivity contribution is 7.11. The van der Waals surface area contributed by atoms with Crippen LogP contribution in [-0.2, 0) is 17.6 Å². The van der Waals surface area contributed by atoms with Gasteiger partial charge in [0.25, 0.3) is 5.69 Å². The molecule has 0 spiro atoms. The lowest BCUT2D eigenvalue weighted by atomic mass is 10.0. The first kappa shape index (κ1) is 21.0. The van der Waals surface area contributed by atoms with E-state index in [1.165, 1.54) is 45.9 Å². The average molecular weight is 452 g/mol. The molecule has 0 saturated carbocycles. The van der Waals surface area contributed by atoms with Crippen LogP contribution in [0.15, 0.2) is 60.7 Å². The summed E-state index contributed by atoms with van der Waals surface area (Å²) in [5.74, 6) is -0.339. The number of hydrogen-bond donors (Lipinski definition) is 1. The third-order valence-electron chi connectivity index (χ3n) is 4.91. The van der Waals surface area contributed by atoms with E-state index >= 15 is 0 Å². The van der Waals surface area contributed by atoms with Crippen molar-refractivity contribution in [3.05, 3.63) is 96.9 Å². The Morgan fingerprint density at radius 2 is 1.94 bits per heavy atom. The van der Waals surface area contributed by atoms with Crippen molar-refractivity contribution in [1.82, 2.24) is 4.98 Å². The second kappa shape index (κ2) is 8.83. The Morgan fingerprint density at radius 3 is 2.74 bits per heavy atom. The van der Waals surface area contributed by atoms with Crippen molar-refractivity contribution >= 4 is 51.0 Å². The number of amides is 1. The largest absolute Gasteiger partial charge is 0.320 e. The summed E-state index contributed by atoms with van der Waals surface area (Å²) in [6, 6.07) is 18.6. The molecule has 0 aliphatic rings. The number of aryl methyl sites for hydroxylation is 1. The molecule has 8 heteroatoms. The number of carbonyl (C=O) groups excluding carboxylic acids is 1. The number of rotatable bonds is 6. The second-order valence-electron chi connectivity index (χ2n) is 7.07. The van der Waals surface area contributed by atoms with Crippen molar-refractivity contribution in [2.45, 2.75) is 19.8 Å². The molecule has 0 aliphatic carbocycles. The lowest BCUT2D eigenvalue weighted by Gasteiger charge is -2.06. The van der Waals surface area contributed by atoms with Crippen molar-refractivity contribution in [3.8, 4) is 0 Å². The SMILES string of the molecule is Cc1nc(Cc2cccc3ccccc23)sc1CC(=O)Nc1ccc(Cl)cc1[N+](=O)[O-]. The summed E-state index contributed by atoms with van der Waals surface area (Å²) in [5.41, 5.74) is 1.86. The first-order chi connectivity index (χ1) is 14.9. The molecule has 0 atom stereocenters. The average Bonchev–Trinajstić information content (AvgIpc) is 3.08.